The van der Waals surface area contributed by atoms with Gasteiger partial charge in [0, 0.05) is 19.6 Å². The van der Waals surface area contributed by atoms with E-state index in [2.05, 4.69) is 25.0 Å². The molecule has 0 spiro atoms. The zero-order valence-electron chi connectivity index (χ0n) is 12.4. The Morgan fingerprint density at radius 1 is 1.55 bits per heavy atom. The molecule has 7 heteroatoms. The number of nitrogens with zero attached hydrogens (tertiary/aromatic N) is 4. The van der Waals surface area contributed by atoms with Gasteiger partial charge in [-0.3, -0.25) is 9.69 Å². The van der Waals surface area contributed by atoms with Crippen LogP contribution in [0, 0.1) is 0 Å². The van der Waals surface area contributed by atoms with Crippen LogP contribution in [0.5, 0.6) is 0 Å². The van der Waals surface area contributed by atoms with Crippen molar-refractivity contribution >= 4 is 5.97 Å². The molecule has 0 saturated carbocycles. The molecule has 1 aromatic heterocycles. The van der Waals surface area contributed by atoms with Crippen LogP contribution in [0.15, 0.2) is 6.33 Å². The number of rotatable bonds is 6. The number of hydrogen-bond acceptors (Lipinski definition) is 6. The molecule has 0 radical (unpaired) electrons. The number of carbonyl (C=O) groups excluding carboxylic acids is 1. The van der Waals surface area contributed by atoms with Crippen molar-refractivity contribution in [2.75, 3.05) is 26.7 Å². The van der Waals surface area contributed by atoms with Crippen molar-refractivity contribution in [2.24, 2.45) is 0 Å². The maximum absolute atomic E-state index is 11.9. The highest BCUT2D eigenvalue weighted by molar-refractivity contribution is 5.80. The standard InChI is InChI=1S/C13H23N5O2/c1-4-14-13(2,12(19)20-3)5-6-17-7-8-18-10-15-16-11(18)9-17/h10,14H,4-9H2,1-3H3. The van der Waals surface area contributed by atoms with E-state index in [1.807, 2.05) is 13.8 Å². The van der Waals surface area contributed by atoms with E-state index in [9.17, 15) is 4.79 Å². The molecule has 0 aliphatic carbocycles. The quantitative estimate of drug-likeness (QED) is 0.742. The molecule has 0 bridgehead atoms. The van der Waals surface area contributed by atoms with Gasteiger partial charge in [-0.05, 0) is 19.9 Å². The third-order valence-corrected chi connectivity index (χ3v) is 3.85. The lowest BCUT2D eigenvalue weighted by molar-refractivity contribution is -0.148. The average molecular weight is 281 g/mol. The van der Waals surface area contributed by atoms with Gasteiger partial charge in [0.2, 0.25) is 0 Å². The van der Waals surface area contributed by atoms with E-state index in [1.54, 1.807) is 6.33 Å². The number of aromatic nitrogens is 3. The van der Waals surface area contributed by atoms with Gasteiger partial charge in [-0.25, -0.2) is 0 Å². The summed E-state index contributed by atoms with van der Waals surface area (Å²) in [5.74, 6) is 0.777. The second-order valence-electron chi connectivity index (χ2n) is 5.32. The minimum absolute atomic E-state index is 0.209. The van der Waals surface area contributed by atoms with Crippen LogP contribution in [0.4, 0.5) is 0 Å². The van der Waals surface area contributed by atoms with Crippen molar-refractivity contribution in [1.29, 1.82) is 0 Å². The van der Waals surface area contributed by atoms with Crippen LogP contribution in [-0.4, -0.2) is 57.9 Å². The Bertz CT molecular complexity index is 461. The Balaban J connectivity index is 1.92. The number of fused-ring (bicyclic) bond motifs is 1. The first-order valence-corrected chi connectivity index (χ1v) is 7.01. The first-order valence-electron chi connectivity index (χ1n) is 7.01. The molecule has 1 unspecified atom stereocenters. The zero-order valence-corrected chi connectivity index (χ0v) is 12.4. The van der Waals surface area contributed by atoms with Gasteiger partial charge in [-0.15, -0.1) is 10.2 Å². The largest absolute Gasteiger partial charge is 0.468 e. The Labute approximate surface area is 119 Å². The third-order valence-electron chi connectivity index (χ3n) is 3.85. The molecule has 0 fully saturated rings. The molecule has 1 atom stereocenters. The van der Waals surface area contributed by atoms with Gasteiger partial charge < -0.3 is 14.6 Å². The molecule has 2 rings (SSSR count). The number of hydrogen-bond donors (Lipinski definition) is 1. The number of ether oxygens (including phenoxy) is 1. The highest BCUT2D eigenvalue weighted by Gasteiger charge is 2.34. The first kappa shape index (κ1) is 14.9. The summed E-state index contributed by atoms with van der Waals surface area (Å²) < 4.78 is 6.97. The summed E-state index contributed by atoms with van der Waals surface area (Å²) in [7, 11) is 1.43. The van der Waals surface area contributed by atoms with Crippen molar-refractivity contribution in [3.8, 4) is 0 Å². The maximum Gasteiger partial charge on any atom is 0.325 e. The molecule has 0 saturated heterocycles. The third kappa shape index (κ3) is 3.16. The lowest BCUT2D eigenvalue weighted by atomic mass is 9.97. The lowest BCUT2D eigenvalue weighted by Gasteiger charge is -2.32. The van der Waals surface area contributed by atoms with Crippen LogP contribution >= 0.6 is 0 Å². The van der Waals surface area contributed by atoms with Crippen molar-refractivity contribution in [1.82, 2.24) is 25.0 Å². The minimum Gasteiger partial charge on any atom is -0.468 e. The summed E-state index contributed by atoms with van der Waals surface area (Å²) in [4.78, 5) is 14.2. The Morgan fingerprint density at radius 3 is 3.05 bits per heavy atom. The molecule has 20 heavy (non-hydrogen) atoms. The molecule has 1 aliphatic rings. The number of nitrogens with one attached hydrogen (secondary N) is 1. The van der Waals surface area contributed by atoms with Gasteiger partial charge in [0.25, 0.3) is 0 Å². The van der Waals surface area contributed by atoms with E-state index in [1.165, 1.54) is 7.11 Å². The summed E-state index contributed by atoms with van der Waals surface area (Å²) in [5, 5.41) is 11.3. The second-order valence-corrected chi connectivity index (χ2v) is 5.32. The van der Waals surface area contributed by atoms with Gasteiger partial charge >= 0.3 is 5.97 Å². The van der Waals surface area contributed by atoms with Gasteiger partial charge in [-0.2, -0.15) is 0 Å². The van der Waals surface area contributed by atoms with E-state index in [4.69, 9.17) is 4.74 Å². The van der Waals surface area contributed by atoms with Crippen LogP contribution < -0.4 is 5.32 Å². The number of carbonyl (C=O) groups is 1. The number of likely N-dealkylation sites (N-methyl/N-ethyl adjacent to an activating group) is 1. The van der Waals surface area contributed by atoms with E-state index in [-0.39, 0.29) is 5.97 Å². The second kappa shape index (κ2) is 6.32. The van der Waals surface area contributed by atoms with Crippen LogP contribution in [0.2, 0.25) is 0 Å². The Morgan fingerprint density at radius 2 is 2.35 bits per heavy atom. The molecule has 7 nitrogen and oxygen atoms in total. The molecular weight excluding hydrogens is 258 g/mol. The van der Waals surface area contributed by atoms with E-state index in [0.717, 1.165) is 38.5 Å². The van der Waals surface area contributed by atoms with Gasteiger partial charge in [-0.1, -0.05) is 6.92 Å². The number of methoxy groups -OCH3 is 1. The van der Waals surface area contributed by atoms with Crippen molar-refractivity contribution in [2.45, 2.75) is 38.9 Å². The summed E-state index contributed by atoms with van der Waals surface area (Å²) in [6, 6.07) is 0. The smallest absolute Gasteiger partial charge is 0.325 e. The molecule has 2 heterocycles. The Hall–Kier alpha value is -1.47. The molecule has 0 amide bonds. The highest BCUT2D eigenvalue weighted by Crippen LogP contribution is 2.16. The average Bonchev–Trinajstić information content (AvgIpc) is 2.92. The summed E-state index contributed by atoms with van der Waals surface area (Å²) in [6.07, 6.45) is 2.48. The normalized spacial score (nSPS) is 18.4. The van der Waals surface area contributed by atoms with Crippen LogP contribution in [0.1, 0.15) is 26.1 Å². The molecule has 112 valence electrons. The van der Waals surface area contributed by atoms with E-state index >= 15 is 0 Å². The first-order chi connectivity index (χ1) is 9.59. The van der Waals surface area contributed by atoms with Gasteiger partial charge in [0.05, 0.1) is 13.7 Å². The fourth-order valence-electron chi connectivity index (χ4n) is 2.57. The zero-order chi connectivity index (χ0) is 14.6. The van der Waals surface area contributed by atoms with Gasteiger partial charge in [0.15, 0.2) is 0 Å². The van der Waals surface area contributed by atoms with Crippen LogP contribution in [0.25, 0.3) is 0 Å². The number of esters is 1. The summed E-state index contributed by atoms with van der Waals surface area (Å²) in [6.45, 7) is 8.08. The van der Waals surface area contributed by atoms with E-state index in [0.29, 0.717) is 6.42 Å². The molecule has 1 aliphatic heterocycles. The highest BCUT2D eigenvalue weighted by atomic mass is 16.5. The van der Waals surface area contributed by atoms with Crippen LogP contribution in [0.3, 0.4) is 0 Å². The van der Waals surface area contributed by atoms with E-state index < -0.39 is 5.54 Å². The summed E-state index contributed by atoms with van der Waals surface area (Å²) in [5.41, 5.74) is -0.630. The molecule has 1 aromatic rings. The Kier molecular flexibility index (Phi) is 4.72. The lowest BCUT2D eigenvalue weighted by Crippen LogP contribution is -2.52. The van der Waals surface area contributed by atoms with Gasteiger partial charge in [0.1, 0.15) is 17.7 Å². The predicted molar refractivity (Wildman–Crippen MR) is 74.0 cm³/mol. The fourth-order valence-corrected chi connectivity index (χ4v) is 2.57. The monoisotopic (exact) mass is 281 g/mol. The SMILES string of the molecule is CCNC(C)(CCN1CCn2cnnc2C1)C(=O)OC. The predicted octanol–water partition coefficient (Wildman–Crippen LogP) is 0.0250. The maximum atomic E-state index is 11.9. The molecule has 0 aromatic carbocycles. The molecular formula is C13H23N5O2. The minimum atomic E-state index is -0.630. The van der Waals surface area contributed by atoms with Crippen molar-refractivity contribution in [3.05, 3.63) is 12.2 Å². The fraction of sp³-hybridized carbons (Fsp3) is 0.769. The van der Waals surface area contributed by atoms with Crippen molar-refractivity contribution in [3.63, 3.8) is 0 Å². The molecule has 1 N–H and O–H groups in total. The summed E-state index contributed by atoms with van der Waals surface area (Å²) >= 11 is 0. The van der Waals surface area contributed by atoms with Crippen molar-refractivity contribution < 1.29 is 9.53 Å². The van der Waals surface area contributed by atoms with Crippen LogP contribution in [-0.2, 0) is 22.6 Å². The topological polar surface area (TPSA) is 72.3 Å².